The molecule has 0 bridgehead atoms. The molecule has 3 rings (SSSR count). The van der Waals surface area contributed by atoms with Crippen LogP contribution in [0.2, 0.25) is 0 Å². The van der Waals surface area contributed by atoms with Crippen LogP contribution in [0.1, 0.15) is 30.9 Å². The first-order valence-corrected chi connectivity index (χ1v) is 7.82. The second-order valence-electron chi connectivity index (χ2n) is 6.18. The molecule has 5 nitrogen and oxygen atoms in total. The van der Waals surface area contributed by atoms with Gasteiger partial charge >= 0.3 is 0 Å². The van der Waals surface area contributed by atoms with E-state index in [1.165, 1.54) is 0 Å². The first-order valence-electron chi connectivity index (χ1n) is 7.82. The molecule has 2 aromatic carbocycles. The Hall–Kier alpha value is -2.37. The lowest BCUT2D eigenvalue weighted by molar-refractivity contribution is 0.332. The molecule has 0 radical (unpaired) electrons. The van der Waals surface area contributed by atoms with Gasteiger partial charge in [-0.05, 0) is 37.1 Å². The zero-order valence-electron chi connectivity index (χ0n) is 14.5. The number of nitrogens with zero attached hydrogens (tertiary/aromatic N) is 2. The van der Waals surface area contributed by atoms with E-state index in [4.69, 9.17) is 15.0 Å². The van der Waals surface area contributed by atoms with Crippen molar-refractivity contribution in [2.45, 2.75) is 25.8 Å². The maximum atomic E-state index is 5.63. The van der Waals surface area contributed by atoms with Crippen LogP contribution in [0.15, 0.2) is 53.1 Å². The molecule has 0 saturated carbocycles. The fourth-order valence-electron chi connectivity index (χ4n) is 2.52. The van der Waals surface area contributed by atoms with E-state index in [-0.39, 0.29) is 12.4 Å². The van der Waals surface area contributed by atoms with Crippen LogP contribution in [0.25, 0.3) is 11.4 Å². The number of hydrogen-bond donors (Lipinski definition) is 1. The molecular weight excluding hydrogens is 338 g/mol. The summed E-state index contributed by atoms with van der Waals surface area (Å²) in [7, 11) is 1.65. The summed E-state index contributed by atoms with van der Waals surface area (Å²) < 4.78 is 10.7. The van der Waals surface area contributed by atoms with Crippen molar-refractivity contribution >= 4 is 12.4 Å². The lowest BCUT2D eigenvalue weighted by Crippen LogP contribution is -2.19. The van der Waals surface area contributed by atoms with Crippen molar-refractivity contribution in [3.05, 3.63) is 65.5 Å². The van der Waals surface area contributed by atoms with Crippen LogP contribution in [0.5, 0.6) is 5.75 Å². The Kier molecular flexibility index (Phi) is 5.82. The van der Waals surface area contributed by atoms with E-state index in [2.05, 4.69) is 24.0 Å². The summed E-state index contributed by atoms with van der Waals surface area (Å²) in [6, 6.07) is 15.7. The van der Waals surface area contributed by atoms with Gasteiger partial charge < -0.3 is 15.0 Å². The van der Waals surface area contributed by atoms with E-state index in [0.717, 1.165) is 22.4 Å². The Bertz CT molecular complexity index is 811. The van der Waals surface area contributed by atoms with Crippen LogP contribution in [0.4, 0.5) is 0 Å². The number of rotatable bonds is 5. The maximum Gasteiger partial charge on any atom is 0.237 e. The van der Waals surface area contributed by atoms with Gasteiger partial charge in [-0.1, -0.05) is 41.6 Å². The van der Waals surface area contributed by atoms with Crippen LogP contribution in [-0.2, 0) is 12.0 Å². The normalized spacial score (nSPS) is 11.0. The van der Waals surface area contributed by atoms with Gasteiger partial charge in [-0.15, -0.1) is 12.4 Å². The van der Waals surface area contributed by atoms with Crippen molar-refractivity contribution in [3.8, 4) is 17.1 Å². The van der Waals surface area contributed by atoms with Crippen molar-refractivity contribution in [1.29, 1.82) is 0 Å². The molecule has 0 unspecified atom stereocenters. The van der Waals surface area contributed by atoms with Crippen LogP contribution >= 0.6 is 12.4 Å². The van der Waals surface area contributed by atoms with Gasteiger partial charge in [0.05, 0.1) is 12.5 Å². The molecule has 0 atom stereocenters. The van der Waals surface area contributed by atoms with Gasteiger partial charge in [0.15, 0.2) is 0 Å². The molecule has 3 aromatic rings. The number of benzene rings is 2. The van der Waals surface area contributed by atoms with E-state index in [0.29, 0.717) is 18.3 Å². The number of hydrogen-bond acceptors (Lipinski definition) is 5. The molecule has 6 heteroatoms. The second-order valence-corrected chi connectivity index (χ2v) is 6.18. The average Bonchev–Trinajstić information content (AvgIpc) is 3.13. The molecule has 0 aliphatic carbocycles. The molecule has 0 aliphatic heterocycles. The Morgan fingerprint density at radius 2 is 1.68 bits per heavy atom. The van der Waals surface area contributed by atoms with E-state index >= 15 is 0 Å². The van der Waals surface area contributed by atoms with Gasteiger partial charge in [-0.3, -0.25) is 0 Å². The summed E-state index contributed by atoms with van der Waals surface area (Å²) in [4.78, 5) is 4.59. The Balaban J connectivity index is 0.00000225. The zero-order valence-corrected chi connectivity index (χ0v) is 15.3. The molecule has 0 fully saturated rings. The molecule has 132 valence electrons. The number of ether oxygens (including phenoxy) is 1. The SMILES string of the molecule is COc1ccc(C(C)(C)c2nc(-c3ccc(CN)cc3)no2)cc1.Cl. The molecule has 0 amide bonds. The standard InChI is InChI=1S/C19H21N3O2.ClH/c1-19(2,15-8-10-16(23-3)11-9-15)18-21-17(22-24-18)14-6-4-13(12-20)5-7-14;/h4-11H,12,20H2,1-3H3;1H. The Labute approximate surface area is 153 Å². The van der Waals surface area contributed by atoms with Crippen LogP contribution < -0.4 is 10.5 Å². The number of halogens is 1. The fourth-order valence-corrected chi connectivity index (χ4v) is 2.52. The molecule has 0 spiro atoms. The van der Waals surface area contributed by atoms with Gasteiger partial charge in [0.25, 0.3) is 0 Å². The van der Waals surface area contributed by atoms with E-state index < -0.39 is 5.41 Å². The predicted octanol–water partition coefficient (Wildman–Crippen LogP) is 3.95. The fraction of sp³-hybridized carbons (Fsp3) is 0.263. The maximum absolute atomic E-state index is 5.63. The molecule has 25 heavy (non-hydrogen) atoms. The quantitative estimate of drug-likeness (QED) is 0.746. The van der Waals surface area contributed by atoms with E-state index in [1.54, 1.807) is 7.11 Å². The van der Waals surface area contributed by atoms with Gasteiger partial charge in [-0.2, -0.15) is 4.98 Å². The number of aromatic nitrogens is 2. The summed E-state index contributed by atoms with van der Waals surface area (Å²) in [5.74, 6) is 1.97. The third-order valence-corrected chi connectivity index (χ3v) is 4.22. The van der Waals surface area contributed by atoms with Crippen molar-refractivity contribution in [1.82, 2.24) is 10.1 Å². The topological polar surface area (TPSA) is 74.2 Å². The second kappa shape index (κ2) is 7.68. The molecule has 0 aliphatic rings. The van der Waals surface area contributed by atoms with Crippen LogP contribution in [0, 0.1) is 0 Å². The molecule has 1 heterocycles. The molecule has 1 aromatic heterocycles. The van der Waals surface area contributed by atoms with Crippen LogP contribution in [-0.4, -0.2) is 17.3 Å². The third kappa shape index (κ3) is 3.83. The van der Waals surface area contributed by atoms with Gasteiger partial charge in [0.2, 0.25) is 11.7 Å². The van der Waals surface area contributed by atoms with E-state index in [9.17, 15) is 0 Å². The third-order valence-electron chi connectivity index (χ3n) is 4.22. The summed E-state index contributed by atoms with van der Waals surface area (Å²) in [6.45, 7) is 4.63. The smallest absolute Gasteiger partial charge is 0.237 e. The first kappa shape index (κ1) is 19.0. The van der Waals surface area contributed by atoms with Gasteiger partial charge in [0.1, 0.15) is 5.75 Å². The highest BCUT2D eigenvalue weighted by Crippen LogP contribution is 2.32. The summed E-state index contributed by atoms with van der Waals surface area (Å²) in [5.41, 5.74) is 8.29. The van der Waals surface area contributed by atoms with Crippen molar-refractivity contribution in [2.24, 2.45) is 5.73 Å². The lowest BCUT2D eigenvalue weighted by atomic mass is 9.84. The first-order chi connectivity index (χ1) is 11.5. The lowest BCUT2D eigenvalue weighted by Gasteiger charge is -2.20. The molecule has 0 saturated heterocycles. The predicted molar refractivity (Wildman–Crippen MR) is 100.0 cm³/mol. The number of methoxy groups -OCH3 is 1. The van der Waals surface area contributed by atoms with E-state index in [1.807, 2.05) is 48.5 Å². The minimum atomic E-state index is -0.394. The van der Waals surface area contributed by atoms with Gasteiger partial charge in [0, 0.05) is 12.1 Å². The zero-order chi connectivity index (χ0) is 17.2. The monoisotopic (exact) mass is 359 g/mol. The minimum Gasteiger partial charge on any atom is -0.497 e. The largest absolute Gasteiger partial charge is 0.497 e. The van der Waals surface area contributed by atoms with Crippen molar-refractivity contribution < 1.29 is 9.26 Å². The highest BCUT2D eigenvalue weighted by atomic mass is 35.5. The molecule has 2 N–H and O–H groups in total. The van der Waals surface area contributed by atoms with Crippen molar-refractivity contribution in [3.63, 3.8) is 0 Å². The Morgan fingerprint density at radius 1 is 1.04 bits per heavy atom. The van der Waals surface area contributed by atoms with Gasteiger partial charge in [-0.25, -0.2) is 0 Å². The average molecular weight is 360 g/mol. The summed E-state index contributed by atoms with van der Waals surface area (Å²) in [5, 5.41) is 4.13. The highest BCUT2D eigenvalue weighted by Gasteiger charge is 2.30. The summed E-state index contributed by atoms with van der Waals surface area (Å²) >= 11 is 0. The number of nitrogens with two attached hydrogens (primary N) is 1. The minimum absolute atomic E-state index is 0. The summed E-state index contributed by atoms with van der Waals surface area (Å²) in [6.07, 6.45) is 0. The highest BCUT2D eigenvalue weighted by molar-refractivity contribution is 5.85. The Morgan fingerprint density at radius 3 is 2.24 bits per heavy atom. The van der Waals surface area contributed by atoms with Crippen LogP contribution in [0.3, 0.4) is 0 Å². The van der Waals surface area contributed by atoms with Crippen molar-refractivity contribution in [2.75, 3.05) is 7.11 Å². The molecular formula is C19H22ClN3O2.